The molecule has 1 atom stereocenters. The van der Waals surface area contributed by atoms with Crippen molar-refractivity contribution in [3.8, 4) is 10.4 Å². The van der Waals surface area contributed by atoms with E-state index in [1.165, 1.54) is 23.5 Å². The van der Waals surface area contributed by atoms with Gasteiger partial charge in [-0.05, 0) is 35.7 Å². The number of aliphatic carboxylic acids is 1. The molecule has 0 unspecified atom stereocenters. The first-order valence-electron chi connectivity index (χ1n) is 6.78. The first-order chi connectivity index (χ1) is 10.4. The Kier molecular flexibility index (Phi) is 4.92. The number of carbonyl (C=O) groups is 2. The maximum Gasteiger partial charge on any atom is 0.326 e. The van der Waals surface area contributed by atoms with Crippen LogP contribution in [0.5, 0.6) is 0 Å². The average molecular weight is 321 g/mol. The number of hydrogen-bond acceptors (Lipinski definition) is 3. The van der Waals surface area contributed by atoms with Gasteiger partial charge in [-0.2, -0.15) is 0 Å². The van der Waals surface area contributed by atoms with Gasteiger partial charge in [0.25, 0.3) is 5.91 Å². The minimum Gasteiger partial charge on any atom is -0.480 e. The number of thiophene rings is 1. The molecule has 0 saturated heterocycles. The molecule has 0 saturated carbocycles. The molecule has 1 heterocycles. The summed E-state index contributed by atoms with van der Waals surface area (Å²) in [6.07, 6.45) is 0. The number of halogens is 1. The number of benzene rings is 1. The van der Waals surface area contributed by atoms with Gasteiger partial charge in [-0.3, -0.25) is 4.79 Å². The van der Waals surface area contributed by atoms with Crippen LogP contribution < -0.4 is 5.32 Å². The lowest BCUT2D eigenvalue weighted by Crippen LogP contribution is -2.44. The van der Waals surface area contributed by atoms with Gasteiger partial charge < -0.3 is 10.4 Å². The van der Waals surface area contributed by atoms with Crippen LogP contribution in [0.2, 0.25) is 0 Å². The maximum absolute atomic E-state index is 12.9. The van der Waals surface area contributed by atoms with Gasteiger partial charge in [0.1, 0.15) is 11.9 Å². The lowest BCUT2D eigenvalue weighted by molar-refractivity contribution is -0.140. The second-order valence-electron chi connectivity index (χ2n) is 5.20. The van der Waals surface area contributed by atoms with Gasteiger partial charge in [0.2, 0.25) is 0 Å². The third-order valence-electron chi connectivity index (χ3n) is 3.18. The zero-order valence-electron chi connectivity index (χ0n) is 12.2. The van der Waals surface area contributed by atoms with E-state index in [1.54, 1.807) is 38.1 Å². The highest BCUT2D eigenvalue weighted by Crippen LogP contribution is 2.28. The van der Waals surface area contributed by atoms with Gasteiger partial charge in [-0.1, -0.05) is 26.0 Å². The molecule has 2 aromatic rings. The molecule has 0 radical (unpaired) electrons. The highest BCUT2D eigenvalue weighted by Gasteiger charge is 2.24. The molecule has 1 aromatic heterocycles. The van der Waals surface area contributed by atoms with E-state index in [0.717, 1.165) is 10.4 Å². The molecule has 0 aliphatic rings. The van der Waals surface area contributed by atoms with Crippen molar-refractivity contribution in [2.45, 2.75) is 19.9 Å². The lowest BCUT2D eigenvalue weighted by Gasteiger charge is -2.17. The molecular weight excluding hydrogens is 305 g/mol. The van der Waals surface area contributed by atoms with Crippen molar-refractivity contribution in [1.82, 2.24) is 5.32 Å². The van der Waals surface area contributed by atoms with E-state index < -0.39 is 17.9 Å². The van der Waals surface area contributed by atoms with Crippen LogP contribution in [0.4, 0.5) is 4.39 Å². The van der Waals surface area contributed by atoms with Crippen molar-refractivity contribution in [3.63, 3.8) is 0 Å². The summed E-state index contributed by atoms with van der Waals surface area (Å²) in [5.74, 6) is -2.00. The molecule has 0 bridgehead atoms. The Morgan fingerprint density at radius 2 is 1.77 bits per heavy atom. The van der Waals surface area contributed by atoms with Crippen LogP contribution in [0.1, 0.15) is 23.5 Å². The van der Waals surface area contributed by atoms with Crippen LogP contribution in [0, 0.1) is 11.7 Å². The minimum atomic E-state index is -1.06. The van der Waals surface area contributed by atoms with Gasteiger partial charge >= 0.3 is 5.97 Å². The molecule has 2 N–H and O–H groups in total. The normalized spacial score (nSPS) is 12.2. The highest BCUT2D eigenvalue weighted by atomic mass is 32.1. The molecule has 4 nitrogen and oxygen atoms in total. The quantitative estimate of drug-likeness (QED) is 0.887. The Hall–Kier alpha value is -2.21. The summed E-state index contributed by atoms with van der Waals surface area (Å²) in [6.45, 7) is 3.47. The largest absolute Gasteiger partial charge is 0.480 e. The summed E-state index contributed by atoms with van der Waals surface area (Å²) in [4.78, 5) is 24.5. The molecule has 0 aliphatic carbocycles. The number of amides is 1. The van der Waals surface area contributed by atoms with Crippen LogP contribution >= 0.6 is 11.3 Å². The third kappa shape index (κ3) is 3.71. The number of carboxylic acid groups (broad SMARTS) is 1. The number of nitrogens with one attached hydrogen (secondary N) is 1. The second-order valence-corrected chi connectivity index (χ2v) is 6.29. The van der Waals surface area contributed by atoms with E-state index in [2.05, 4.69) is 5.32 Å². The molecule has 2 rings (SSSR count). The van der Waals surface area contributed by atoms with Crippen molar-refractivity contribution in [2.75, 3.05) is 0 Å². The molecule has 0 spiro atoms. The molecule has 6 heteroatoms. The predicted molar refractivity (Wildman–Crippen MR) is 83.4 cm³/mol. The molecule has 1 aromatic carbocycles. The number of carbonyl (C=O) groups excluding carboxylic acids is 1. The zero-order chi connectivity index (χ0) is 16.3. The van der Waals surface area contributed by atoms with Crippen molar-refractivity contribution in [3.05, 3.63) is 47.1 Å². The minimum absolute atomic E-state index is 0.210. The Labute approximate surface area is 131 Å². The third-order valence-corrected chi connectivity index (χ3v) is 4.31. The van der Waals surface area contributed by atoms with E-state index in [1.807, 2.05) is 0 Å². The van der Waals surface area contributed by atoms with Crippen LogP contribution in [0.3, 0.4) is 0 Å². The van der Waals surface area contributed by atoms with E-state index in [4.69, 9.17) is 5.11 Å². The number of carboxylic acids is 1. The van der Waals surface area contributed by atoms with Gasteiger partial charge in [0.05, 0.1) is 4.88 Å². The Morgan fingerprint density at radius 1 is 1.14 bits per heavy atom. The standard InChI is InChI=1S/C16H16FNO3S/c1-9(2)14(16(20)21)18-15(19)13-8-7-12(22-13)10-3-5-11(17)6-4-10/h3-9,14H,1-2H3,(H,18,19)(H,20,21)/t14-/m1/s1. The molecule has 0 fully saturated rings. The van der Waals surface area contributed by atoms with Gasteiger partial charge in [0, 0.05) is 4.88 Å². The highest BCUT2D eigenvalue weighted by molar-refractivity contribution is 7.17. The van der Waals surface area contributed by atoms with Gasteiger partial charge in [0.15, 0.2) is 0 Å². The van der Waals surface area contributed by atoms with E-state index in [9.17, 15) is 14.0 Å². The zero-order valence-corrected chi connectivity index (χ0v) is 13.0. The van der Waals surface area contributed by atoms with Gasteiger partial charge in [-0.25, -0.2) is 9.18 Å². The van der Waals surface area contributed by atoms with Crippen molar-refractivity contribution >= 4 is 23.2 Å². The Balaban J connectivity index is 2.15. The smallest absolute Gasteiger partial charge is 0.326 e. The first-order valence-corrected chi connectivity index (χ1v) is 7.59. The Morgan fingerprint density at radius 3 is 2.32 bits per heavy atom. The average Bonchev–Trinajstić information content (AvgIpc) is 2.94. The second kappa shape index (κ2) is 6.70. The fourth-order valence-corrected chi connectivity index (χ4v) is 2.87. The number of rotatable bonds is 5. The molecule has 116 valence electrons. The van der Waals surface area contributed by atoms with Crippen LogP contribution in [0.15, 0.2) is 36.4 Å². The predicted octanol–water partition coefficient (Wildman–Crippen LogP) is 3.39. The summed E-state index contributed by atoms with van der Waals surface area (Å²) in [5.41, 5.74) is 0.809. The van der Waals surface area contributed by atoms with Crippen LogP contribution in [-0.4, -0.2) is 23.0 Å². The summed E-state index contributed by atoms with van der Waals surface area (Å²) >= 11 is 1.24. The van der Waals surface area contributed by atoms with Crippen molar-refractivity contribution < 1.29 is 19.1 Å². The van der Waals surface area contributed by atoms with E-state index in [0.29, 0.717) is 4.88 Å². The fraction of sp³-hybridized carbons (Fsp3) is 0.250. The SMILES string of the molecule is CC(C)[C@@H](NC(=O)c1ccc(-c2ccc(F)cc2)s1)C(=O)O. The van der Waals surface area contributed by atoms with Crippen molar-refractivity contribution in [2.24, 2.45) is 5.92 Å². The van der Waals surface area contributed by atoms with Gasteiger partial charge in [-0.15, -0.1) is 11.3 Å². The molecule has 0 aliphatic heterocycles. The summed E-state index contributed by atoms with van der Waals surface area (Å²) in [7, 11) is 0. The lowest BCUT2D eigenvalue weighted by atomic mass is 10.0. The summed E-state index contributed by atoms with van der Waals surface area (Å²) in [6, 6.07) is 8.45. The van der Waals surface area contributed by atoms with E-state index >= 15 is 0 Å². The number of hydrogen-bond donors (Lipinski definition) is 2. The maximum atomic E-state index is 12.9. The summed E-state index contributed by atoms with van der Waals surface area (Å²) < 4.78 is 12.9. The topological polar surface area (TPSA) is 66.4 Å². The van der Waals surface area contributed by atoms with E-state index in [-0.39, 0.29) is 11.7 Å². The molecular formula is C16H16FNO3S. The van der Waals surface area contributed by atoms with Crippen LogP contribution in [0.25, 0.3) is 10.4 Å². The first kappa shape index (κ1) is 16.2. The van der Waals surface area contributed by atoms with Crippen molar-refractivity contribution in [1.29, 1.82) is 0 Å². The molecule has 22 heavy (non-hydrogen) atoms. The fourth-order valence-electron chi connectivity index (χ4n) is 1.96. The monoisotopic (exact) mass is 321 g/mol. The van der Waals surface area contributed by atoms with Crippen LogP contribution in [-0.2, 0) is 4.79 Å². The molecule has 1 amide bonds. The summed E-state index contributed by atoms with van der Waals surface area (Å²) in [5, 5.41) is 11.6. The Bertz CT molecular complexity index is 679.